The van der Waals surface area contributed by atoms with Crippen LogP contribution in [0.5, 0.6) is 0 Å². The minimum Gasteiger partial charge on any atom is -0.378 e. The highest BCUT2D eigenvalue weighted by atomic mass is 32.2. The molecule has 0 aliphatic heterocycles. The Kier molecular flexibility index (Phi) is 6.56. The summed E-state index contributed by atoms with van der Waals surface area (Å²) < 4.78 is 0. The summed E-state index contributed by atoms with van der Waals surface area (Å²) in [6, 6.07) is 10.4. The van der Waals surface area contributed by atoms with Gasteiger partial charge in [0.05, 0.1) is 0 Å². The highest BCUT2D eigenvalue weighted by molar-refractivity contribution is 8.02. The van der Waals surface area contributed by atoms with E-state index >= 15 is 0 Å². The zero-order valence-electron chi connectivity index (χ0n) is 10.9. The number of thioether (sulfide) groups is 1. The molecular formula is C15H21NS. The van der Waals surface area contributed by atoms with E-state index in [2.05, 4.69) is 67.6 Å². The van der Waals surface area contributed by atoms with Crippen LogP contribution in [0.4, 0.5) is 0 Å². The van der Waals surface area contributed by atoms with Gasteiger partial charge in [-0.15, -0.1) is 0 Å². The Morgan fingerprint density at radius 2 is 1.82 bits per heavy atom. The molecule has 0 aromatic heterocycles. The van der Waals surface area contributed by atoms with E-state index in [0.717, 1.165) is 13.1 Å². The van der Waals surface area contributed by atoms with Crippen molar-refractivity contribution in [2.75, 3.05) is 13.1 Å². The van der Waals surface area contributed by atoms with E-state index in [0.29, 0.717) is 0 Å². The van der Waals surface area contributed by atoms with Gasteiger partial charge in [0, 0.05) is 18.0 Å². The molecule has 1 aromatic rings. The largest absolute Gasteiger partial charge is 0.378 e. The molecule has 0 saturated heterocycles. The lowest BCUT2D eigenvalue weighted by molar-refractivity contribution is 0.419. The van der Waals surface area contributed by atoms with Gasteiger partial charge < -0.3 is 4.90 Å². The number of rotatable bonds is 6. The van der Waals surface area contributed by atoms with Crippen molar-refractivity contribution in [2.45, 2.75) is 25.7 Å². The molecule has 0 aliphatic rings. The molecule has 0 spiro atoms. The van der Waals surface area contributed by atoms with E-state index in [1.54, 1.807) is 11.8 Å². The van der Waals surface area contributed by atoms with E-state index in [9.17, 15) is 0 Å². The highest BCUT2D eigenvalue weighted by Crippen LogP contribution is 2.20. The molecule has 0 saturated carbocycles. The lowest BCUT2D eigenvalue weighted by Crippen LogP contribution is -2.15. The summed E-state index contributed by atoms with van der Waals surface area (Å²) in [6.45, 7) is 8.60. The number of hydrogen-bond donors (Lipinski definition) is 0. The maximum Gasteiger partial charge on any atom is 0.0143 e. The average molecular weight is 247 g/mol. The maximum atomic E-state index is 2.28. The van der Waals surface area contributed by atoms with Gasteiger partial charge in [0.1, 0.15) is 0 Å². The normalized spacial score (nSPS) is 12.1. The predicted molar refractivity (Wildman–Crippen MR) is 78.1 cm³/mol. The third-order valence-electron chi connectivity index (χ3n) is 2.48. The molecule has 17 heavy (non-hydrogen) atoms. The van der Waals surface area contributed by atoms with E-state index < -0.39 is 0 Å². The molecule has 0 unspecified atom stereocenters. The minimum atomic E-state index is 1.06. The number of nitrogens with zero attached hydrogens (tertiary/aromatic N) is 1. The summed E-state index contributed by atoms with van der Waals surface area (Å²) in [7, 11) is 0. The molecule has 92 valence electrons. The van der Waals surface area contributed by atoms with Gasteiger partial charge in [-0.2, -0.15) is 0 Å². The van der Waals surface area contributed by atoms with Gasteiger partial charge in [-0.25, -0.2) is 0 Å². The van der Waals surface area contributed by atoms with Crippen LogP contribution in [0.1, 0.15) is 20.8 Å². The van der Waals surface area contributed by atoms with Crippen molar-refractivity contribution in [1.29, 1.82) is 0 Å². The summed E-state index contributed by atoms with van der Waals surface area (Å²) in [5, 5.41) is 2.19. The standard InChI is InChI=1S/C15H21NS/c1-4-16(5-2)12-11-14(3)13-17-15-9-7-6-8-10-15/h6-13H,4-5H2,1-3H3/b12-11+,14-13+. The molecule has 1 rings (SSSR count). The highest BCUT2D eigenvalue weighted by Gasteiger charge is 1.91. The van der Waals surface area contributed by atoms with Crippen LogP contribution in [0.3, 0.4) is 0 Å². The van der Waals surface area contributed by atoms with Gasteiger partial charge in [-0.05, 0) is 56.2 Å². The predicted octanol–water partition coefficient (Wildman–Crippen LogP) is 4.54. The quantitative estimate of drug-likeness (QED) is 0.536. The third kappa shape index (κ3) is 5.64. The van der Waals surface area contributed by atoms with E-state index in [1.807, 2.05) is 6.07 Å². The fourth-order valence-electron chi connectivity index (χ4n) is 1.36. The molecule has 0 N–H and O–H groups in total. The molecule has 0 amide bonds. The van der Waals surface area contributed by atoms with Gasteiger partial charge in [0.25, 0.3) is 0 Å². The fraction of sp³-hybridized carbons (Fsp3) is 0.333. The van der Waals surface area contributed by atoms with Crippen LogP contribution < -0.4 is 0 Å². The topological polar surface area (TPSA) is 3.24 Å². The molecule has 0 fully saturated rings. The first-order chi connectivity index (χ1) is 8.26. The smallest absolute Gasteiger partial charge is 0.0143 e. The molecular weight excluding hydrogens is 226 g/mol. The average Bonchev–Trinajstić information content (AvgIpc) is 2.39. The molecule has 1 aromatic carbocycles. The van der Waals surface area contributed by atoms with Gasteiger partial charge >= 0.3 is 0 Å². The van der Waals surface area contributed by atoms with Crippen molar-refractivity contribution in [3.8, 4) is 0 Å². The molecule has 2 heteroatoms. The Hall–Kier alpha value is -1.15. The van der Waals surface area contributed by atoms with Crippen molar-refractivity contribution in [3.63, 3.8) is 0 Å². The summed E-state index contributed by atoms with van der Waals surface area (Å²) in [5.41, 5.74) is 1.28. The number of hydrogen-bond acceptors (Lipinski definition) is 2. The summed E-state index contributed by atoms with van der Waals surface area (Å²) in [4.78, 5) is 3.56. The van der Waals surface area contributed by atoms with Gasteiger partial charge in [-0.1, -0.05) is 30.0 Å². The second kappa shape index (κ2) is 8.02. The van der Waals surface area contributed by atoms with Crippen molar-refractivity contribution >= 4 is 11.8 Å². The molecule has 0 heterocycles. The second-order valence-corrected chi connectivity index (χ2v) is 4.77. The SMILES string of the molecule is CCN(/C=C/C(C)=C/Sc1ccccc1)CC. The van der Waals surface area contributed by atoms with Gasteiger partial charge in [0.15, 0.2) is 0 Å². The molecule has 0 radical (unpaired) electrons. The Balaban J connectivity index is 2.50. The maximum absolute atomic E-state index is 2.28. The number of allylic oxidation sites excluding steroid dienone is 2. The van der Waals surface area contributed by atoms with Gasteiger partial charge in [0.2, 0.25) is 0 Å². The van der Waals surface area contributed by atoms with Crippen LogP contribution in [0.25, 0.3) is 0 Å². The Morgan fingerprint density at radius 1 is 1.18 bits per heavy atom. The molecule has 0 atom stereocenters. The lowest BCUT2D eigenvalue weighted by atomic mass is 10.3. The van der Waals surface area contributed by atoms with Crippen LogP contribution in [0, 0.1) is 0 Å². The fourth-order valence-corrected chi connectivity index (χ4v) is 2.07. The van der Waals surface area contributed by atoms with Crippen LogP contribution in [0.2, 0.25) is 0 Å². The molecule has 0 aliphatic carbocycles. The van der Waals surface area contributed by atoms with E-state index in [4.69, 9.17) is 0 Å². The van der Waals surface area contributed by atoms with Crippen molar-refractivity contribution in [3.05, 3.63) is 53.6 Å². The molecule has 1 nitrogen and oxygen atoms in total. The van der Waals surface area contributed by atoms with Gasteiger partial charge in [-0.3, -0.25) is 0 Å². The first-order valence-electron chi connectivity index (χ1n) is 6.07. The first-order valence-corrected chi connectivity index (χ1v) is 6.95. The lowest BCUT2D eigenvalue weighted by Gasteiger charge is -2.14. The Bertz CT molecular complexity index is 364. The zero-order chi connectivity index (χ0) is 12.5. The third-order valence-corrected chi connectivity index (χ3v) is 3.52. The van der Waals surface area contributed by atoms with Crippen molar-refractivity contribution < 1.29 is 0 Å². The molecule has 0 bridgehead atoms. The number of benzene rings is 1. The first kappa shape index (κ1) is 13.9. The van der Waals surface area contributed by atoms with Crippen LogP contribution in [-0.4, -0.2) is 18.0 Å². The summed E-state index contributed by atoms with van der Waals surface area (Å²) in [6.07, 6.45) is 4.33. The van der Waals surface area contributed by atoms with Crippen molar-refractivity contribution in [1.82, 2.24) is 4.90 Å². The van der Waals surface area contributed by atoms with Crippen LogP contribution in [-0.2, 0) is 0 Å². The summed E-state index contributed by atoms with van der Waals surface area (Å²) in [5.74, 6) is 0. The van der Waals surface area contributed by atoms with E-state index in [-0.39, 0.29) is 0 Å². The van der Waals surface area contributed by atoms with Crippen LogP contribution in [0.15, 0.2) is 58.5 Å². The van der Waals surface area contributed by atoms with Crippen LogP contribution >= 0.6 is 11.8 Å². The Morgan fingerprint density at radius 3 is 2.41 bits per heavy atom. The summed E-state index contributed by atoms with van der Waals surface area (Å²) >= 11 is 1.76. The zero-order valence-corrected chi connectivity index (χ0v) is 11.7. The Labute approximate surface area is 109 Å². The monoisotopic (exact) mass is 247 g/mol. The minimum absolute atomic E-state index is 1.06. The van der Waals surface area contributed by atoms with Crippen molar-refractivity contribution in [2.24, 2.45) is 0 Å². The second-order valence-electron chi connectivity index (χ2n) is 3.83. The van der Waals surface area contributed by atoms with E-state index in [1.165, 1.54) is 10.5 Å².